The third kappa shape index (κ3) is 5.41. The number of hydrogen-bond donors (Lipinski definition) is 1. The fourth-order valence-electron chi connectivity index (χ4n) is 2.72. The lowest BCUT2D eigenvalue weighted by atomic mass is 10.1. The molecule has 0 heterocycles. The first-order valence-electron chi connectivity index (χ1n) is 8.21. The Morgan fingerprint density at radius 2 is 1.39 bits per heavy atom. The topological polar surface area (TPSA) is 39.7 Å². The molecule has 0 aliphatic carbocycles. The van der Waals surface area contributed by atoms with Crippen LogP contribution in [0.5, 0.6) is 17.2 Å². The van der Waals surface area contributed by atoms with Crippen LogP contribution in [-0.2, 0) is 13.0 Å². The van der Waals surface area contributed by atoms with Crippen molar-refractivity contribution in [2.24, 2.45) is 0 Å². The average molecular weight is 427 g/mol. The third-order valence-electron chi connectivity index (χ3n) is 4.06. The van der Waals surface area contributed by atoms with Gasteiger partial charge in [0.2, 0.25) is 0 Å². The predicted octanol–water partition coefficient (Wildman–Crippen LogP) is 5.70. The van der Waals surface area contributed by atoms with Crippen LogP contribution in [0.15, 0.2) is 41.3 Å². The highest BCUT2D eigenvalue weighted by Crippen LogP contribution is 3.03. The Balaban J connectivity index is 2.18. The molecule has 0 saturated carbocycles. The van der Waals surface area contributed by atoms with Gasteiger partial charge < -0.3 is 19.5 Å². The minimum Gasteiger partial charge on any atom is -0.496 e. The number of rotatable bonds is 9. The Bertz CT molecular complexity index is 843. The average Bonchev–Trinajstić information content (AvgIpc) is 2.62. The first kappa shape index (κ1) is 22.1. The highest BCUT2D eigenvalue weighted by Gasteiger charge is 2.67. The van der Waals surface area contributed by atoms with Gasteiger partial charge in [-0.3, -0.25) is 0 Å². The van der Waals surface area contributed by atoms with E-state index in [1.165, 1.54) is 0 Å². The molecule has 2 rings (SSSR count). The fraction of sp³-hybridized carbons (Fsp3) is 0.333. The molecule has 0 radical (unpaired) electrons. The van der Waals surface area contributed by atoms with Gasteiger partial charge in [0.1, 0.15) is 17.2 Å². The van der Waals surface area contributed by atoms with E-state index in [1.807, 2.05) is 24.3 Å². The molecule has 0 spiro atoms. The molecule has 2 aromatic carbocycles. The standard InChI is InChI=1S/C18H22F5NO3S/c1-25-15-7-5-4-6-14(15)12-24-9-8-13-10-17(27-3)18(11-16(13)26-2)28(19,20,21,22)23/h4-7,10-11,24H,8-9,12H2,1-3H3. The van der Waals surface area contributed by atoms with Crippen molar-refractivity contribution < 1.29 is 33.6 Å². The van der Waals surface area contributed by atoms with Crippen molar-refractivity contribution in [3.63, 3.8) is 0 Å². The van der Waals surface area contributed by atoms with E-state index in [0.717, 1.165) is 25.8 Å². The van der Waals surface area contributed by atoms with Crippen molar-refractivity contribution in [1.29, 1.82) is 0 Å². The normalized spacial score (nSPS) is 14.1. The van der Waals surface area contributed by atoms with Gasteiger partial charge in [-0.2, -0.15) is 0 Å². The summed E-state index contributed by atoms with van der Waals surface area (Å²) < 4.78 is 81.0. The quantitative estimate of drug-likeness (QED) is 0.412. The number of para-hydroxylation sites is 1. The van der Waals surface area contributed by atoms with Crippen LogP contribution in [0.1, 0.15) is 11.1 Å². The maximum atomic E-state index is 13.2. The molecule has 0 aromatic heterocycles. The van der Waals surface area contributed by atoms with Gasteiger partial charge in [0, 0.05) is 18.2 Å². The van der Waals surface area contributed by atoms with Gasteiger partial charge in [-0.15, -0.1) is 0 Å². The van der Waals surface area contributed by atoms with Gasteiger partial charge in [0.25, 0.3) is 0 Å². The Hall–Kier alpha value is -2.20. The van der Waals surface area contributed by atoms with Crippen molar-refractivity contribution in [3.05, 3.63) is 47.5 Å². The monoisotopic (exact) mass is 427 g/mol. The summed E-state index contributed by atoms with van der Waals surface area (Å²) in [6, 6.07) is 8.61. The van der Waals surface area contributed by atoms with Crippen molar-refractivity contribution >= 4 is 10.2 Å². The molecule has 0 aliphatic rings. The van der Waals surface area contributed by atoms with Crippen LogP contribution in [0.2, 0.25) is 0 Å². The Labute approximate surface area is 160 Å². The van der Waals surface area contributed by atoms with Gasteiger partial charge in [0.05, 0.1) is 21.3 Å². The van der Waals surface area contributed by atoms with E-state index >= 15 is 0 Å². The number of benzene rings is 2. The maximum Gasteiger partial charge on any atom is 0.313 e. The summed E-state index contributed by atoms with van der Waals surface area (Å²) in [6.45, 7) is 0.834. The summed E-state index contributed by atoms with van der Waals surface area (Å²) in [6.07, 6.45) is 0.245. The zero-order valence-electron chi connectivity index (χ0n) is 15.6. The predicted molar refractivity (Wildman–Crippen MR) is 99.3 cm³/mol. The van der Waals surface area contributed by atoms with Gasteiger partial charge in [0.15, 0.2) is 4.90 Å². The summed E-state index contributed by atoms with van der Waals surface area (Å²) in [5.74, 6) is -0.502. The molecular weight excluding hydrogens is 405 g/mol. The van der Waals surface area contributed by atoms with Crippen molar-refractivity contribution in [2.75, 3.05) is 27.9 Å². The zero-order chi connectivity index (χ0) is 21.1. The first-order valence-corrected chi connectivity index (χ1v) is 10.2. The molecule has 0 aliphatic heterocycles. The van der Waals surface area contributed by atoms with Crippen molar-refractivity contribution in [2.45, 2.75) is 17.9 Å². The smallest absolute Gasteiger partial charge is 0.313 e. The van der Waals surface area contributed by atoms with Crippen molar-refractivity contribution in [3.8, 4) is 17.2 Å². The summed E-state index contributed by atoms with van der Waals surface area (Å²) in [5.41, 5.74) is 1.23. The van der Waals surface area contributed by atoms with Crippen LogP contribution in [0.3, 0.4) is 0 Å². The summed E-state index contributed by atoms with van der Waals surface area (Å²) >= 11 is 0. The number of nitrogens with one attached hydrogen (secondary N) is 1. The largest absolute Gasteiger partial charge is 0.496 e. The minimum atomic E-state index is -9.92. The lowest BCUT2D eigenvalue weighted by Crippen LogP contribution is -2.18. The van der Waals surface area contributed by atoms with Gasteiger partial charge in [-0.25, -0.2) is 0 Å². The highest BCUT2D eigenvalue weighted by molar-refractivity contribution is 8.45. The molecule has 0 bridgehead atoms. The Kier molecular flexibility index (Phi) is 5.78. The van der Waals surface area contributed by atoms with E-state index in [9.17, 15) is 19.4 Å². The zero-order valence-corrected chi connectivity index (χ0v) is 16.4. The van der Waals surface area contributed by atoms with Crippen LogP contribution >= 0.6 is 10.2 Å². The van der Waals surface area contributed by atoms with Crippen LogP contribution in [-0.4, -0.2) is 27.9 Å². The molecule has 4 nitrogen and oxygen atoms in total. The van der Waals surface area contributed by atoms with E-state index in [-0.39, 0.29) is 12.2 Å². The van der Waals surface area contributed by atoms with E-state index in [4.69, 9.17) is 9.47 Å². The second-order valence-corrected chi connectivity index (χ2v) is 8.40. The van der Waals surface area contributed by atoms with Gasteiger partial charge in [-0.05, 0) is 30.7 Å². The molecule has 28 heavy (non-hydrogen) atoms. The van der Waals surface area contributed by atoms with E-state index in [0.29, 0.717) is 30.5 Å². The number of hydrogen-bond acceptors (Lipinski definition) is 4. The van der Waals surface area contributed by atoms with Crippen LogP contribution in [0, 0.1) is 0 Å². The maximum absolute atomic E-state index is 13.2. The molecule has 0 unspecified atom stereocenters. The van der Waals surface area contributed by atoms with Gasteiger partial charge >= 0.3 is 10.2 Å². The second-order valence-electron chi connectivity index (χ2n) is 6.02. The van der Waals surface area contributed by atoms with Crippen LogP contribution in [0.25, 0.3) is 0 Å². The number of methoxy groups -OCH3 is 3. The highest BCUT2D eigenvalue weighted by atomic mass is 32.5. The molecular formula is C18H22F5NO3S. The Morgan fingerprint density at radius 3 is 1.96 bits per heavy atom. The van der Waals surface area contributed by atoms with E-state index < -0.39 is 20.9 Å². The lowest BCUT2D eigenvalue weighted by Gasteiger charge is -2.41. The first-order chi connectivity index (χ1) is 12.9. The lowest BCUT2D eigenvalue weighted by molar-refractivity contribution is 0.340. The van der Waals surface area contributed by atoms with Gasteiger partial charge in [-0.1, -0.05) is 37.6 Å². The van der Waals surface area contributed by atoms with Crippen LogP contribution in [0.4, 0.5) is 19.4 Å². The third-order valence-corrected chi connectivity index (χ3v) is 5.21. The van der Waals surface area contributed by atoms with E-state index in [2.05, 4.69) is 10.1 Å². The summed E-state index contributed by atoms with van der Waals surface area (Å²) in [5, 5.41) is 3.13. The molecule has 0 atom stereocenters. The molecule has 0 fully saturated rings. The minimum absolute atomic E-state index is 0.245. The summed E-state index contributed by atoms with van der Waals surface area (Å²) in [7, 11) is -6.32. The molecule has 0 saturated heterocycles. The number of halogens is 5. The van der Waals surface area contributed by atoms with Crippen LogP contribution < -0.4 is 19.5 Å². The molecule has 10 heteroatoms. The molecule has 2 aromatic rings. The fourth-order valence-corrected chi connectivity index (χ4v) is 3.58. The second kappa shape index (κ2) is 7.32. The molecule has 1 N–H and O–H groups in total. The summed E-state index contributed by atoms with van der Waals surface area (Å²) in [4.78, 5) is -2.09. The van der Waals surface area contributed by atoms with E-state index in [1.54, 1.807) is 7.11 Å². The number of ether oxygens (including phenoxy) is 3. The van der Waals surface area contributed by atoms with Crippen molar-refractivity contribution in [1.82, 2.24) is 5.32 Å². The molecule has 0 amide bonds. The SMILES string of the molecule is COc1cc(S(F)(F)(F)(F)F)c(OC)cc1CCNCc1ccccc1OC. The Morgan fingerprint density at radius 1 is 0.786 bits per heavy atom. The molecule has 158 valence electrons.